The number of nitrogens with zero attached hydrogens (tertiary/aromatic N) is 5. The number of aromatic nitrogens is 4. The zero-order valence-corrected chi connectivity index (χ0v) is 14.0. The first kappa shape index (κ1) is 15.1. The lowest BCUT2D eigenvalue weighted by molar-refractivity contribution is 0.603. The first-order valence-electron chi connectivity index (χ1n) is 7.05. The molecule has 0 bridgehead atoms. The molecule has 3 rings (SSSR count). The molecule has 0 unspecified atom stereocenters. The molecule has 3 heterocycles. The van der Waals surface area contributed by atoms with Gasteiger partial charge in [-0.05, 0) is 24.1 Å². The highest BCUT2D eigenvalue weighted by atomic mass is 35.5. The minimum Gasteiger partial charge on any atom is -0.342 e. The number of fused-ring (bicyclic) bond motifs is 1. The monoisotopic (exact) mass is 333 g/mol. The van der Waals surface area contributed by atoms with Crippen LogP contribution in [0.15, 0.2) is 30.6 Å². The van der Waals surface area contributed by atoms with Crippen LogP contribution in [-0.2, 0) is 6.54 Å². The van der Waals surface area contributed by atoms with E-state index in [0.717, 1.165) is 27.7 Å². The van der Waals surface area contributed by atoms with Crippen molar-refractivity contribution in [3.8, 4) is 0 Å². The van der Waals surface area contributed by atoms with Crippen LogP contribution in [0.25, 0.3) is 10.3 Å². The zero-order chi connectivity index (χ0) is 15.5. The predicted molar refractivity (Wildman–Crippen MR) is 90.3 cm³/mol. The van der Waals surface area contributed by atoms with Gasteiger partial charge >= 0.3 is 0 Å². The molecule has 0 atom stereocenters. The number of halogens is 1. The molecule has 5 nitrogen and oxygen atoms in total. The molecule has 7 heteroatoms. The van der Waals surface area contributed by atoms with Crippen molar-refractivity contribution < 1.29 is 0 Å². The molecule has 22 heavy (non-hydrogen) atoms. The van der Waals surface area contributed by atoms with Crippen molar-refractivity contribution in [1.82, 2.24) is 20.2 Å². The van der Waals surface area contributed by atoms with Gasteiger partial charge in [-0.15, -0.1) is 0 Å². The molecule has 0 fully saturated rings. The Balaban J connectivity index is 1.92. The third-order valence-corrected chi connectivity index (χ3v) is 4.30. The van der Waals surface area contributed by atoms with Crippen molar-refractivity contribution in [3.63, 3.8) is 0 Å². The van der Waals surface area contributed by atoms with E-state index in [1.54, 1.807) is 23.7 Å². The van der Waals surface area contributed by atoms with Crippen molar-refractivity contribution in [1.29, 1.82) is 0 Å². The first-order valence-corrected chi connectivity index (χ1v) is 8.25. The molecular formula is C15H16ClN5S. The summed E-state index contributed by atoms with van der Waals surface area (Å²) in [6.45, 7) is 5.95. The quantitative estimate of drug-likeness (QED) is 0.711. The molecule has 0 spiro atoms. The van der Waals surface area contributed by atoms with Crippen molar-refractivity contribution in [2.75, 3.05) is 11.4 Å². The summed E-state index contributed by atoms with van der Waals surface area (Å²) in [5, 5.41) is 9.68. The van der Waals surface area contributed by atoms with Crippen LogP contribution in [0, 0.1) is 5.92 Å². The Morgan fingerprint density at radius 3 is 2.95 bits per heavy atom. The molecule has 3 aromatic rings. The number of thiazole rings is 1. The summed E-state index contributed by atoms with van der Waals surface area (Å²) in [5.41, 5.74) is 1.66. The van der Waals surface area contributed by atoms with E-state index in [2.05, 4.69) is 38.9 Å². The predicted octanol–water partition coefficient (Wildman–Crippen LogP) is 3.80. The van der Waals surface area contributed by atoms with Crippen LogP contribution < -0.4 is 4.90 Å². The summed E-state index contributed by atoms with van der Waals surface area (Å²) >= 11 is 7.61. The van der Waals surface area contributed by atoms with Crippen molar-refractivity contribution in [3.05, 3.63) is 41.3 Å². The Labute approximate surface area is 138 Å². The minimum absolute atomic E-state index is 0.514. The van der Waals surface area contributed by atoms with Gasteiger partial charge in [0.25, 0.3) is 0 Å². The largest absolute Gasteiger partial charge is 0.342 e. The molecule has 0 amide bonds. The molecule has 0 aromatic carbocycles. The fourth-order valence-electron chi connectivity index (χ4n) is 2.18. The average Bonchev–Trinajstić information content (AvgIpc) is 2.90. The van der Waals surface area contributed by atoms with Crippen LogP contribution in [0.2, 0.25) is 5.02 Å². The molecule has 0 saturated heterocycles. The van der Waals surface area contributed by atoms with E-state index in [9.17, 15) is 0 Å². The van der Waals surface area contributed by atoms with Gasteiger partial charge in [-0.3, -0.25) is 0 Å². The summed E-state index contributed by atoms with van der Waals surface area (Å²) in [4.78, 5) is 11.1. The van der Waals surface area contributed by atoms with Crippen LogP contribution in [0.4, 0.5) is 5.13 Å². The summed E-state index contributed by atoms with van der Waals surface area (Å²) in [6, 6.07) is 5.78. The zero-order valence-electron chi connectivity index (χ0n) is 12.4. The maximum atomic E-state index is 6.01. The van der Waals surface area contributed by atoms with E-state index in [1.807, 2.05) is 18.2 Å². The maximum absolute atomic E-state index is 6.01. The van der Waals surface area contributed by atoms with Gasteiger partial charge in [-0.2, -0.15) is 15.2 Å². The Bertz CT molecular complexity index is 759. The van der Waals surface area contributed by atoms with Crippen molar-refractivity contribution in [2.24, 2.45) is 5.92 Å². The topological polar surface area (TPSA) is 54.8 Å². The third-order valence-electron chi connectivity index (χ3n) is 3.04. The van der Waals surface area contributed by atoms with Gasteiger partial charge < -0.3 is 4.90 Å². The molecule has 0 radical (unpaired) electrons. The lowest BCUT2D eigenvalue weighted by Gasteiger charge is -2.23. The first-order chi connectivity index (χ1) is 10.6. The third kappa shape index (κ3) is 3.51. The molecule has 0 aliphatic rings. The highest BCUT2D eigenvalue weighted by Crippen LogP contribution is 2.30. The van der Waals surface area contributed by atoms with Crippen LogP contribution in [0.1, 0.15) is 19.5 Å². The number of hydrogen-bond acceptors (Lipinski definition) is 6. The Morgan fingerprint density at radius 2 is 2.23 bits per heavy atom. The Hall–Kier alpha value is -1.79. The lowest BCUT2D eigenvalue weighted by Crippen LogP contribution is -2.27. The van der Waals surface area contributed by atoms with Gasteiger partial charge in [-0.1, -0.05) is 36.8 Å². The minimum atomic E-state index is 0.514. The Kier molecular flexibility index (Phi) is 4.49. The van der Waals surface area contributed by atoms with E-state index >= 15 is 0 Å². The smallest absolute Gasteiger partial charge is 0.188 e. The van der Waals surface area contributed by atoms with Gasteiger partial charge in [-0.25, -0.2) is 4.98 Å². The lowest BCUT2D eigenvalue weighted by atomic mass is 10.2. The van der Waals surface area contributed by atoms with Gasteiger partial charge in [0.1, 0.15) is 0 Å². The van der Waals surface area contributed by atoms with Crippen LogP contribution in [0.5, 0.6) is 0 Å². The normalized spacial score (nSPS) is 11.3. The van der Waals surface area contributed by atoms with Gasteiger partial charge in [0.2, 0.25) is 0 Å². The molecule has 0 aliphatic heterocycles. The summed E-state index contributed by atoms with van der Waals surface area (Å²) in [5.74, 6) is 0.514. The van der Waals surface area contributed by atoms with Crippen molar-refractivity contribution >= 4 is 38.4 Å². The SMILES string of the molecule is CC(C)CN(Cc1cccnn1)c1nc2ncc(Cl)cc2s1. The second kappa shape index (κ2) is 6.54. The van der Waals surface area contributed by atoms with E-state index < -0.39 is 0 Å². The molecule has 0 saturated carbocycles. The van der Waals surface area contributed by atoms with Gasteiger partial charge in [0.05, 0.1) is 22.0 Å². The van der Waals surface area contributed by atoms with Gasteiger partial charge in [0.15, 0.2) is 10.8 Å². The molecular weight excluding hydrogens is 318 g/mol. The molecule has 3 aromatic heterocycles. The molecule has 114 valence electrons. The fourth-order valence-corrected chi connectivity index (χ4v) is 3.38. The average molecular weight is 334 g/mol. The number of hydrogen-bond donors (Lipinski definition) is 0. The van der Waals surface area contributed by atoms with E-state index in [-0.39, 0.29) is 0 Å². The highest BCUT2D eigenvalue weighted by molar-refractivity contribution is 7.22. The number of anilines is 1. The number of rotatable bonds is 5. The molecule has 0 N–H and O–H groups in total. The standard InChI is InChI=1S/C15H16ClN5S/c1-10(2)8-21(9-12-4-3-5-18-20-12)15-19-14-13(22-15)6-11(16)7-17-14/h3-7,10H,8-9H2,1-2H3. The second-order valence-electron chi connectivity index (χ2n) is 5.46. The second-order valence-corrected chi connectivity index (χ2v) is 6.91. The fraction of sp³-hybridized carbons (Fsp3) is 0.333. The summed E-state index contributed by atoms with van der Waals surface area (Å²) in [7, 11) is 0. The van der Waals surface area contributed by atoms with Crippen LogP contribution in [-0.4, -0.2) is 26.7 Å². The highest BCUT2D eigenvalue weighted by Gasteiger charge is 2.15. The van der Waals surface area contributed by atoms with E-state index in [4.69, 9.17) is 11.6 Å². The van der Waals surface area contributed by atoms with Gasteiger partial charge in [0, 0.05) is 18.9 Å². The summed E-state index contributed by atoms with van der Waals surface area (Å²) in [6.07, 6.45) is 3.31. The Morgan fingerprint density at radius 1 is 1.36 bits per heavy atom. The van der Waals surface area contributed by atoms with Crippen LogP contribution >= 0.6 is 22.9 Å². The van der Waals surface area contributed by atoms with E-state index in [1.165, 1.54) is 0 Å². The molecule has 0 aliphatic carbocycles. The summed E-state index contributed by atoms with van der Waals surface area (Å²) < 4.78 is 0.996. The maximum Gasteiger partial charge on any atom is 0.188 e. The van der Waals surface area contributed by atoms with Crippen LogP contribution in [0.3, 0.4) is 0 Å². The van der Waals surface area contributed by atoms with E-state index in [0.29, 0.717) is 17.5 Å². The van der Waals surface area contributed by atoms with Crippen molar-refractivity contribution in [2.45, 2.75) is 20.4 Å². The number of pyridine rings is 1.